The van der Waals surface area contributed by atoms with E-state index in [1.54, 1.807) is 0 Å². The summed E-state index contributed by atoms with van der Waals surface area (Å²) in [4.78, 5) is 0. The fraction of sp³-hybridized carbons (Fsp3) is 0.125. The van der Waals surface area contributed by atoms with Crippen LogP contribution in [0.4, 0.5) is 0 Å². The van der Waals surface area contributed by atoms with Crippen molar-refractivity contribution >= 4 is 26.7 Å². The molecule has 0 spiro atoms. The zero-order chi connectivity index (χ0) is 7.84. The number of rotatable bonds is 0. The molecule has 0 unspecified atom stereocenters. The van der Waals surface area contributed by atoms with Gasteiger partial charge in [0.1, 0.15) is 0 Å². The van der Waals surface area contributed by atoms with Crippen LogP contribution in [0.25, 0.3) is 11.2 Å². The molecule has 2 aromatic rings. The van der Waals surface area contributed by atoms with Crippen molar-refractivity contribution < 1.29 is 8.83 Å². The minimum absolute atomic E-state index is 0.477. The minimum atomic E-state index is 0.477. The van der Waals surface area contributed by atoms with Gasteiger partial charge in [0.25, 0.3) is 0 Å². The van der Waals surface area contributed by atoms with Crippen LogP contribution in [0.3, 0.4) is 0 Å². The van der Waals surface area contributed by atoms with Gasteiger partial charge in [0.2, 0.25) is 0 Å². The van der Waals surface area contributed by atoms with Crippen molar-refractivity contribution in [2.24, 2.45) is 0 Å². The predicted molar refractivity (Wildman–Crippen MR) is 42.2 cm³/mol. The number of fused-ring (bicyclic) bond motifs is 1. The van der Waals surface area contributed by atoms with E-state index < -0.39 is 0 Å². The average molecular weight is 213 g/mol. The van der Waals surface area contributed by atoms with Crippen LogP contribution in [0.1, 0.15) is 5.56 Å². The Hall–Kier alpha value is -0.791. The van der Waals surface area contributed by atoms with Crippen LogP contribution in [0.15, 0.2) is 27.0 Å². The second-order valence-corrected chi connectivity index (χ2v) is 3.10. The Balaban J connectivity index is 2.92. The van der Waals surface area contributed by atoms with Gasteiger partial charge in [0.05, 0.1) is 0 Å². The molecule has 0 saturated carbocycles. The first-order valence-electron chi connectivity index (χ1n) is 3.26. The molecule has 0 amide bonds. The Morgan fingerprint density at radius 2 is 1.91 bits per heavy atom. The molecule has 11 heavy (non-hydrogen) atoms. The van der Waals surface area contributed by atoms with Gasteiger partial charge in [-0.05, 0) is 0 Å². The Labute approximate surface area is 71.2 Å². The van der Waals surface area contributed by atoms with Crippen LogP contribution < -0.4 is 0 Å². The number of aryl methyl sites for hydroxylation is 1. The summed E-state index contributed by atoms with van der Waals surface area (Å²) in [6.45, 7) is 2.01. The van der Waals surface area contributed by atoms with E-state index in [9.17, 15) is 0 Å². The van der Waals surface area contributed by atoms with Gasteiger partial charge in [-0.3, -0.25) is 0 Å². The summed E-state index contributed by atoms with van der Waals surface area (Å²) in [5.41, 5.74) is 2.74. The number of hydrogen-bond acceptors (Lipinski definition) is 2. The first-order valence-corrected chi connectivity index (χ1v) is 4.12. The molecule has 1 aromatic carbocycles. The van der Waals surface area contributed by atoms with Gasteiger partial charge in [0.15, 0.2) is 0 Å². The molecule has 2 rings (SSSR count). The predicted octanol–water partition coefficient (Wildman–Crippen LogP) is 2.03. The van der Waals surface area contributed by atoms with E-state index >= 15 is 0 Å². The molecule has 0 aliphatic heterocycles. The van der Waals surface area contributed by atoms with E-state index in [0.717, 1.165) is 11.2 Å². The van der Waals surface area contributed by atoms with Crippen LogP contribution in [-0.2, 0) is 0 Å². The molecule has 0 fully saturated rings. The van der Waals surface area contributed by atoms with E-state index in [0.29, 0.717) is 4.46 Å². The summed E-state index contributed by atoms with van der Waals surface area (Å²) in [5, 5.41) is 0. The zero-order valence-electron chi connectivity index (χ0n) is 5.96. The van der Waals surface area contributed by atoms with Crippen LogP contribution in [0.5, 0.6) is 0 Å². The molecular formula is C8H6O2Se. The molecule has 0 bridgehead atoms. The first-order chi connectivity index (χ1) is 5.25. The monoisotopic (exact) mass is 214 g/mol. The molecule has 1 heterocycles. The molecule has 0 radical (unpaired) electrons. The van der Waals surface area contributed by atoms with Crippen LogP contribution in [0, 0.1) is 11.4 Å². The van der Waals surface area contributed by atoms with Crippen LogP contribution in [-0.4, -0.2) is 15.6 Å². The van der Waals surface area contributed by atoms with Gasteiger partial charge < -0.3 is 0 Å². The third kappa shape index (κ3) is 1.17. The SMILES string of the molecule is Cc1ccc2oc(=[Se])oc2c1. The summed E-state index contributed by atoms with van der Waals surface area (Å²) < 4.78 is 10.9. The average Bonchev–Trinajstić information content (AvgIpc) is 2.27. The molecule has 3 heteroatoms. The summed E-state index contributed by atoms with van der Waals surface area (Å²) in [6.07, 6.45) is 0. The van der Waals surface area contributed by atoms with Crippen molar-refractivity contribution in [2.75, 3.05) is 0 Å². The molecule has 2 nitrogen and oxygen atoms in total. The fourth-order valence-corrected chi connectivity index (χ4v) is 1.36. The molecule has 1 aromatic heterocycles. The summed E-state index contributed by atoms with van der Waals surface area (Å²) >= 11 is 2.68. The van der Waals surface area contributed by atoms with Crippen LogP contribution >= 0.6 is 0 Å². The van der Waals surface area contributed by atoms with E-state index in [1.807, 2.05) is 25.1 Å². The number of benzene rings is 1. The molecular weight excluding hydrogens is 207 g/mol. The van der Waals surface area contributed by atoms with Gasteiger partial charge in [-0.2, -0.15) is 0 Å². The summed E-state index contributed by atoms with van der Waals surface area (Å²) in [7, 11) is 0. The van der Waals surface area contributed by atoms with Gasteiger partial charge in [-0.25, -0.2) is 0 Å². The van der Waals surface area contributed by atoms with Gasteiger partial charge >= 0.3 is 70.7 Å². The Kier molecular flexibility index (Phi) is 1.48. The Morgan fingerprint density at radius 3 is 2.73 bits per heavy atom. The van der Waals surface area contributed by atoms with E-state index in [4.69, 9.17) is 8.83 Å². The van der Waals surface area contributed by atoms with Gasteiger partial charge in [-0.1, -0.05) is 0 Å². The molecule has 56 valence electrons. The molecule has 0 aliphatic rings. The Morgan fingerprint density at radius 1 is 1.18 bits per heavy atom. The maximum absolute atomic E-state index is 5.23. The molecule has 0 atom stereocenters. The van der Waals surface area contributed by atoms with Crippen molar-refractivity contribution in [2.45, 2.75) is 6.92 Å². The first kappa shape index (κ1) is 6.89. The fourth-order valence-electron chi connectivity index (χ4n) is 0.980. The summed E-state index contributed by atoms with van der Waals surface area (Å²) in [5.74, 6) is 0. The van der Waals surface area contributed by atoms with Gasteiger partial charge in [-0.15, -0.1) is 0 Å². The topological polar surface area (TPSA) is 26.3 Å². The molecule has 0 aliphatic carbocycles. The van der Waals surface area contributed by atoms with Crippen molar-refractivity contribution in [3.63, 3.8) is 0 Å². The van der Waals surface area contributed by atoms with E-state index in [1.165, 1.54) is 5.56 Å². The zero-order valence-corrected chi connectivity index (χ0v) is 7.67. The molecule has 0 N–H and O–H groups in total. The van der Waals surface area contributed by atoms with Crippen molar-refractivity contribution in [3.8, 4) is 0 Å². The van der Waals surface area contributed by atoms with Crippen molar-refractivity contribution in [3.05, 3.63) is 28.2 Å². The second-order valence-electron chi connectivity index (χ2n) is 2.40. The Bertz CT molecular complexity index is 439. The summed E-state index contributed by atoms with van der Waals surface area (Å²) in [6, 6.07) is 5.83. The second kappa shape index (κ2) is 2.36. The normalized spacial score (nSPS) is 10.6. The van der Waals surface area contributed by atoms with E-state index in [2.05, 4.69) is 15.6 Å². The third-order valence-electron chi connectivity index (χ3n) is 1.49. The van der Waals surface area contributed by atoms with E-state index in [-0.39, 0.29) is 0 Å². The maximum atomic E-state index is 5.23. The van der Waals surface area contributed by atoms with Crippen molar-refractivity contribution in [1.29, 1.82) is 0 Å². The molecule has 0 saturated heterocycles. The van der Waals surface area contributed by atoms with Crippen molar-refractivity contribution in [1.82, 2.24) is 0 Å². The van der Waals surface area contributed by atoms with Gasteiger partial charge in [0, 0.05) is 0 Å². The van der Waals surface area contributed by atoms with Crippen LogP contribution in [0.2, 0.25) is 0 Å². The third-order valence-corrected chi connectivity index (χ3v) is 1.84. The standard InChI is InChI=1S/C8H6O2Se/c1-5-2-3-6-7(4-5)10-8(11)9-6/h2-4H,1H3. The quantitative estimate of drug-likeness (QED) is 0.626. The number of hydrogen-bond donors (Lipinski definition) is 0.